The Kier molecular flexibility index (Phi) is 3.30. The summed E-state index contributed by atoms with van der Waals surface area (Å²) in [5, 5.41) is 2.12. The molecule has 4 rings (SSSR count). The highest BCUT2D eigenvalue weighted by atomic mass is 32.1. The molecule has 0 radical (unpaired) electrons. The number of nitrogens with zero attached hydrogens (tertiary/aromatic N) is 2. The number of hydrogen-bond acceptors (Lipinski definition) is 2. The van der Waals surface area contributed by atoms with Gasteiger partial charge in [-0.1, -0.05) is 25.3 Å². The number of rotatable bonds is 2. The molecular formula is C18H20N2S. The Morgan fingerprint density at radius 1 is 1.19 bits per heavy atom. The molecule has 3 heterocycles. The van der Waals surface area contributed by atoms with Crippen molar-refractivity contribution in [3.63, 3.8) is 0 Å². The van der Waals surface area contributed by atoms with Crippen LogP contribution < -0.4 is 0 Å². The fraction of sp³-hybridized carbons (Fsp3) is 0.389. The molecule has 3 aromatic rings. The minimum absolute atomic E-state index is 0.695. The Hall–Kier alpha value is -1.61. The Labute approximate surface area is 129 Å². The molecule has 0 N–H and O–H groups in total. The highest BCUT2D eigenvalue weighted by molar-refractivity contribution is 7.13. The highest BCUT2D eigenvalue weighted by Gasteiger charge is 2.21. The first kappa shape index (κ1) is 13.1. The van der Waals surface area contributed by atoms with Crippen LogP contribution in [0, 0.1) is 6.92 Å². The predicted molar refractivity (Wildman–Crippen MR) is 89.1 cm³/mol. The van der Waals surface area contributed by atoms with E-state index in [4.69, 9.17) is 4.98 Å². The van der Waals surface area contributed by atoms with Crippen molar-refractivity contribution in [2.24, 2.45) is 0 Å². The summed E-state index contributed by atoms with van der Waals surface area (Å²) in [6.07, 6.45) is 11.1. The quantitative estimate of drug-likeness (QED) is 0.617. The monoisotopic (exact) mass is 296 g/mol. The van der Waals surface area contributed by atoms with Crippen molar-refractivity contribution in [3.05, 3.63) is 47.1 Å². The number of imidazole rings is 1. The molecule has 3 aromatic heterocycles. The third-order valence-electron chi connectivity index (χ3n) is 4.67. The zero-order valence-electron chi connectivity index (χ0n) is 12.4. The second-order valence-electron chi connectivity index (χ2n) is 6.08. The lowest BCUT2D eigenvalue weighted by atomic mass is 9.83. The van der Waals surface area contributed by atoms with Crippen molar-refractivity contribution in [2.75, 3.05) is 0 Å². The first-order valence-electron chi connectivity index (χ1n) is 7.85. The van der Waals surface area contributed by atoms with Crippen LogP contribution in [-0.4, -0.2) is 9.38 Å². The second-order valence-corrected chi connectivity index (χ2v) is 7.03. The van der Waals surface area contributed by atoms with Gasteiger partial charge in [0.1, 0.15) is 5.65 Å². The molecule has 1 aliphatic rings. The number of fused-ring (bicyclic) bond motifs is 1. The van der Waals surface area contributed by atoms with Crippen molar-refractivity contribution in [2.45, 2.75) is 44.9 Å². The van der Waals surface area contributed by atoms with Gasteiger partial charge in [-0.25, -0.2) is 4.98 Å². The van der Waals surface area contributed by atoms with Crippen molar-refractivity contribution in [3.8, 4) is 10.6 Å². The first-order valence-corrected chi connectivity index (χ1v) is 8.73. The van der Waals surface area contributed by atoms with Crippen molar-refractivity contribution >= 4 is 17.0 Å². The van der Waals surface area contributed by atoms with Gasteiger partial charge in [-0.2, -0.15) is 0 Å². The smallest absolute Gasteiger partial charge is 0.141 e. The molecule has 0 aromatic carbocycles. The van der Waals surface area contributed by atoms with Gasteiger partial charge in [-0.15, -0.1) is 11.3 Å². The van der Waals surface area contributed by atoms with Crippen molar-refractivity contribution in [1.82, 2.24) is 9.38 Å². The summed E-state index contributed by atoms with van der Waals surface area (Å²) in [6.45, 7) is 2.24. The maximum Gasteiger partial charge on any atom is 0.141 e. The average Bonchev–Trinajstić information content (AvgIpc) is 3.17. The van der Waals surface area contributed by atoms with Crippen LogP contribution >= 0.6 is 11.3 Å². The van der Waals surface area contributed by atoms with Gasteiger partial charge in [0.25, 0.3) is 0 Å². The minimum Gasteiger partial charge on any atom is -0.306 e. The largest absolute Gasteiger partial charge is 0.306 e. The Balaban J connectivity index is 1.86. The average molecular weight is 296 g/mol. The first-order chi connectivity index (χ1) is 10.3. The van der Waals surface area contributed by atoms with Crippen LogP contribution in [0.3, 0.4) is 0 Å². The van der Waals surface area contributed by atoms with Gasteiger partial charge in [0.05, 0.1) is 10.6 Å². The zero-order chi connectivity index (χ0) is 14.2. The number of pyridine rings is 1. The molecule has 0 atom stereocenters. The van der Waals surface area contributed by atoms with Crippen LogP contribution in [0.25, 0.3) is 16.2 Å². The lowest BCUT2D eigenvalue weighted by Crippen LogP contribution is -2.08. The van der Waals surface area contributed by atoms with E-state index in [2.05, 4.69) is 47.3 Å². The number of thiophene rings is 1. The van der Waals surface area contributed by atoms with Crippen LogP contribution in [0.2, 0.25) is 0 Å². The Bertz CT molecular complexity index is 749. The molecule has 21 heavy (non-hydrogen) atoms. The fourth-order valence-electron chi connectivity index (χ4n) is 3.60. The van der Waals surface area contributed by atoms with E-state index in [0.717, 1.165) is 5.69 Å². The highest BCUT2D eigenvalue weighted by Crippen LogP contribution is 2.37. The van der Waals surface area contributed by atoms with E-state index in [1.807, 2.05) is 0 Å². The molecule has 108 valence electrons. The minimum atomic E-state index is 0.695. The molecular weight excluding hydrogens is 276 g/mol. The maximum atomic E-state index is 4.96. The Morgan fingerprint density at radius 3 is 2.81 bits per heavy atom. The number of hydrogen-bond donors (Lipinski definition) is 0. The maximum absolute atomic E-state index is 4.96. The molecule has 1 fully saturated rings. The van der Waals surface area contributed by atoms with E-state index in [1.54, 1.807) is 11.3 Å². The lowest BCUT2D eigenvalue weighted by molar-refractivity contribution is 0.443. The second kappa shape index (κ2) is 5.30. The van der Waals surface area contributed by atoms with Gasteiger partial charge >= 0.3 is 0 Å². The van der Waals surface area contributed by atoms with Gasteiger partial charge in [0.15, 0.2) is 0 Å². The van der Waals surface area contributed by atoms with Crippen LogP contribution in [0.4, 0.5) is 0 Å². The van der Waals surface area contributed by atoms with Crippen LogP contribution in [-0.2, 0) is 0 Å². The molecule has 3 heteroatoms. The van der Waals surface area contributed by atoms with E-state index in [-0.39, 0.29) is 0 Å². The summed E-state index contributed by atoms with van der Waals surface area (Å²) in [5.74, 6) is 0.695. The fourth-order valence-corrected chi connectivity index (χ4v) is 4.28. The predicted octanol–water partition coefficient (Wildman–Crippen LogP) is 5.42. The summed E-state index contributed by atoms with van der Waals surface area (Å²) in [4.78, 5) is 6.22. The van der Waals surface area contributed by atoms with Gasteiger partial charge in [-0.3, -0.25) is 0 Å². The molecule has 2 nitrogen and oxygen atoms in total. The summed E-state index contributed by atoms with van der Waals surface area (Å²) < 4.78 is 2.21. The van der Waals surface area contributed by atoms with Crippen molar-refractivity contribution < 1.29 is 0 Å². The SMILES string of the molecule is Cc1ccn2cc(-c3cccs3)nc2c1C1CCCCC1. The van der Waals surface area contributed by atoms with Crippen LogP contribution in [0.1, 0.15) is 49.1 Å². The van der Waals surface area contributed by atoms with E-state index in [0.29, 0.717) is 5.92 Å². The molecule has 0 bridgehead atoms. The standard InChI is InChI=1S/C18H20N2S/c1-13-9-10-20-12-15(16-8-5-11-21-16)19-18(20)17(13)14-6-3-2-4-7-14/h5,8-12,14H,2-4,6-7H2,1H3. The van der Waals surface area contributed by atoms with E-state index < -0.39 is 0 Å². The van der Waals surface area contributed by atoms with Crippen LogP contribution in [0.5, 0.6) is 0 Å². The summed E-state index contributed by atoms with van der Waals surface area (Å²) in [5.41, 5.74) is 5.16. The number of aromatic nitrogens is 2. The number of aryl methyl sites for hydroxylation is 1. The summed E-state index contributed by atoms with van der Waals surface area (Å²) in [7, 11) is 0. The van der Waals surface area contributed by atoms with E-state index in [1.165, 1.54) is 53.8 Å². The van der Waals surface area contributed by atoms with Gasteiger partial charge in [-0.05, 0) is 48.8 Å². The molecule has 0 saturated heterocycles. The molecule has 0 unspecified atom stereocenters. The Morgan fingerprint density at radius 2 is 2.05 bits per heavy atom. The van der Waals surface area contributed by atoms with E-state index >= 15 is 0 Å². The zero-order valence-corrected chi connectivity index (χ0v) is 13.2. The lowest BCUT2D eigenvalue weighted by Gasteiger charge is -2.23. The molecule has 1 aliphatic carbocycles. The summed E-state index contributed by atoms with van der Waals surface area (Å²) >= 11 is 1.76. The molecule has 0 amide bonds. The molecule has 0 aliphatic heterocycles. The topological polar surface area (TPSA) is 17.3 Å². The third-order valence-corrected chi connectivity index (χ3v) is 5.56. The third kappa shape index (κ3) is 2.30. The normalized spacial score (nSPS) is 16.6. The van der Waals surface area contributed by atoms with Gasteiger partial charge < -0.3 is 4.40 Å². The van der Waals surface area contributed by atoms with E-state index in [9.17, 15) is 0 Å². The van der Waals surface area contributed by atoms with Crippen molar-refractivity contribution in [1.29, 1.82) is 0 Å². The summed E-state index contributed by atoms with van der Waals surface area (Å²) in [6, 6.07) is 6.49. The molecule has 0 spiro atoms. The van der Waals surface area contributed by atoms with Crippen LogP contribution in [0.15, 0.2) is 36.0 Å². The van der Waals surface area contributed by atoms with Gasteiger partial charge in [0.2, 0.25) is 0 Å². The molecule has 1 saturated carbocycles. The van der Waals surface area contributed by atoms with Gasteiger partial charge in [0, 0.05) is 18.0 Å².